The van der Waals surface area contributed by atoms with Crippen molar-refractivity contribution in [2.45, 2.75) is 25.3 Å². The lowest BCUT2D eigenvalue weighted by Crippen LogP contribution is -2.35. The second-order valence-electron chi connectivity index (χ2n) is 4.18. The second-order valence-corrected chi connectivity index (χ2v) is 4.62. The van der Waals surface area contributed by atoms with E-state index >= 15 is 0 Å². The molecule has 82 valence electrons. The fourth-order valence-electron chi connectivity index (χ4n) is 2.08. The summed E-state index contributed by atoms with van der Waals surface area (Å²) in [4.78, 5) is 2.34. The lowest BCUT2D eigenvalue weighted by molar-refractivity contribution is 0.621. The Hall–Kier alpha value is -0.730. The van der Waals surface area contributed by atoms with Crippen molar-refractivity contribution in [3.05, 3.63) is 29.3 Å². The lowest BCUT2D eigenvalue weighted by Gasteiger charge is -2.24. The van der Waals surface area contributed by atoms with Gasteiger partial charge in [-0.3, -0.25) is 0 Å². The minimum Gasteiger partial charge on any atom is -0.370 e. The minimum absolute atomic E-state index is 0.298. The number of hydrogen-bond acceptors (Lipinski definition) is 2. The summed E-state index contributed by atoms with van der Waals surface area (Å²) in [6.07, 6.45) is 3.59. The quantitative estimate of drug-likeness (QED) is 0.795. The molecule has 1 fully saturated rings. The molecule has 2 nitrogen and oxygen atoms in total. The van der Waals surface area contributed by atoms with E-state index in [1.54, 1.807) is 0 Å². The highest BCUT2D eigenvalue weighted by Crippen LogP contribution is 2.22. The van der Waals surface area contributed by atoms with Gasteiger partial charge in [0.05, 0.1) is 0 Å². The molecule has 0 radical (unpaired) electrons. The molecule has 0 aliphatic carbocycles. The normalized spacial score (nSPS) is 22.5. The van der Waals surface area contributed by atoms with Crippen LogP contribution >= 0.6 is 11.6 Å². The van der Waals surface area contributed by atoms with Crippen LogP contribution in [-0.2, 0) is 0 Å². The molecular formula is C12H17ClN2. The molecule has 3 heteroatoms. The van der Waals surface area contributed by atoms with Gasteiger partial charge in [-0.15, -0.1) is 0 Å². The summed E-state index contributed by atoms with van der Waals surface area (Å²) < 4.78 is 0. The molecule has 1 aromatic rings. The number of halogens is 1. The molecule has 0 saturated carbocycles. The molecule has 1 aromatic carbocycles. The summed E-state index contributed by atoms with van der Waals surface area (Å²) in [6, 6.07) is 8.31. The molecule has 0 aromatic heterocycles. The summed E-state index contributed by atoms with van der Waals surface area (Å²) in [5, 5.41) is 0.797. The Bertz CT molecular complexity index is 327. The van der Waals surface area contributed by atoms with Gasteiger partial charge in [-0.25, -0.2) is 0 Å². The van der Waals surface area contributed by atoms with Gasteiger partial charge in [0.1, 0.15) is 0 Å². The highest BCUT2D eigenvalue weighted by molar-refractivity contribution is 6.30. The molecule has 0 amide bonds. The molecule has 2 rings (SSSR count). The zero-order valence-electron chi connectivity index (χ0n) is 8.82. The van der Waals surface area contributed by atoms with Gasteiger partial charge in [0.15, 0.2) is 0 Å². The number of nitrogens with zero attached hydrogens (tertiary/aromatic N) is 1. The molecule has 1 heterocycles. The fourth-order valence-corrected chi connectivity index (χ4v) is 2.27. The van der Waals surface area contributed by atoms with E-state index in [9.17, 15) is 0 Å². The largest absolute Gasteiger partial charge is 0.370 e. The zero-order valence-corrected chi connectivity index (χ0v) is 9.58. The van der Waals surface area contributed by atoms with Crippen LogP contribution in [0.3, 0.4) is 0 Å². The van der Waals surface area contributed by atoms with E-state index in [1.165, 1.54) is 18.5 Å². The van der Waals surface area contributed by atoms with E-state index in [0.29, 0.717) is 6.04 Å². The molecule has 1 saturated heterocycles. The van der Waals surface area contributed by atoms with Gasteiger partial charge in [-0.2, -0.15) is 0 Å². The van der Waals surface area contributed by atoms with E-state index in [0.717, 1.165) is 24.5 Å². The molecule has 15 heavy (non-hydrogen) atoms. The molecule has 1 aliphatic rings. The summed E-state index contributed by atoms with van der Waals surface area (Å²) >= 11 is 5.98. The Morgan fingerprint density at radius 1 is 1.33 bits per heavy atom. The first-order valence-corrected chi connectivity index (χ1v) is 5.89. The van der Waals surface area contributed by atoms with E-state index in [4.69, 9.17) is 17.3 Å². The van der Waals surface area contributed by atoms with Crippen molar-refractivity contribution in [2.75, 3.05) is 18.0 Å². The van der Waals surface area contributed by atoms with Crippen LogP contribution in [0, 0.1) is 0 Å². The van der Waals surface area contributed by atoms with E-state index < -0.39 is 0 Å². The SMILES string of the molecule is NC1CCCCN(c2cccc(Cl)c2)C1. The Labute approximate surface area is 96.0 Å². The van der Waals surface area contributed by atoms with E-state index in [2.05, 4.69) is 11.0 Å². The van der Waals surface area contributed by atoms with E-state index in [1.807, 2.05) is 18.2 Å². The number of anilines is 1. The maximum absolute atomic E-state index is 6.03. The summed E-state index contributed by atoms with van der Waals surface area (Å²) in [5.41, 5.74) is 7.22. The summed E-state index contributed by atoms with van der Waals surface area (Å²) in [6.45, 7) is 2.04. The second kappa shape index (κ2) is 4.86. The molecule has 1 atom stereocenters. The molecular weight excluding hydrogens is 208 g/mol. The zero-order chi connectivity index (χ0) is 10.7. The van der Waals surface area contributed by atoms with Crippen LogP contribution in [-0.4, -0.2) is 19.1 Å². The van der Waals surface area contributed by atoms with Crippen LogP contribution in [0.2, 0.25) is 5.02 Å². The fraction of sp³-hybridized carbons (Fsp3) is 0.500. The monoisotopic (exact) mass is 224 g/mol. The smallest absolute Gasteiger partial charge is 0.0426 e. The maximum Gasteiger partial charge on any atom is 0.0426 e. The number of nitrogens with two attached hydrogens (primary N) is 1. The Balaban J connectivity index is 2.14. The lowest BCUT2D eigenvalue weighted by atomic mass is 10.1. The summed E-state index contributed by atoms with van der Waals surface area (Å²) in [5.74, 6) is 0. The Kier molecular flexibility index (Phi) is 3.49. The average molecular weight is 225 g/mol. The first-order chi connectivity index (χ1) is 7.25. The minimum atomic E-state index is 0.298. The van der Waals surface area contributed by atoms with Crippen molar-refractivity contribution in [3.63, 3.8) is 0 Å². The van der Waals surface area contributed by atoms with Crippen molar-refractivity contribution >= 4 is 17.3 Å². The van der Waals surface area contributed by atoms with Crippen molar-refractivity contribution in [1.82, 2.24) is 0 Å². The first kappa shape index (κ1) is 10.8. The van der Waals surface area contributed by atoms with Crippen LogP contribution in [0.4, 0.5) is 5.69 Å². The van der Waals surface area contributed by atoms with Gasteiger partial charge < -0.3 is 10.6 Å². The third kappa shape index (κ3) is 2.86. The highest BCUT2D eigenvalue weighted by atomic mass is 35.5. The van der Waals surface area contributed by atoms with Gasteiger partial charge in [0, 0.05) is 29.8 Å². The maximum atomic E-state index is 6.03. The first-order valence-electron chi connectivity index (χ1n) is 5.52. The number of benzene rings is 1. The summed E-state index contributed by atoms with van der Waals surface area (Å²) in [7, 11) is 0. The molecule has 0 bridgehead atoms. The van der Waals surface area contributed by atoms with Crippen LogP contribution in [0.25, 0.3) is 0 Å². The van der Waals surface area contributed by atoms with Crippen LogP contribution in [0.1, 0.15) is 19.3 Å². The Morgan fingerprint density at radius 3 is 3.00 bits per heavy atom. The third-order valence-electron chi connectivity index (χ3n) is 2.88. The number of rotatable bonds is 1. The predicted molar refractivity (Wildman–Crippen MR) is 65.5 cm³/mol. The topological polar surface area (TPSA) is 29.3 Å². The van der Waals surface area contributed by atoms with Crippen LogP contribution in [0.15, 0.2) is 24.3 Å². The molecule has 1 unspecified atom stereocenters. The number of hydrogen-bond donors (Lipinski definition) is 1. The van der Waals surface area contributed by atoms with Crippen LogP contribution < -0.4 is 10.6 Å². The van der Waals surface area contributed by atoms with Gasteiger partial charge in [-0.05, 0) is 31.0 Å². The van der Waals surface area contributed by atoms with Gasteiger partial charge >= 0.3 is 0 Å². The van der Waals surface area contributed by atoms with Gasteiger partial charge in [0.25, 0.3) is 0 Å². The molecule has 2 N–H and O–H groups in total. The van der Waals surface area contributed by atoms with Crippen molar-refractivity contribution in [1.29, 1.82) is 0 Å². The van der Waals surface area contributed by atoms with Crippen molar-refractivity contribution < 1.29 is 0 Å². The standard InChI is InChI=1S/C12H17ClN2/c13-10-4-3-6-12(8-10)15-7-2-1-5-11(14)9-15/h3-4,6,8,11H,1-2,5,7,9,14H2. The Morgan fingerprint density at radius 2 is 2.20 bits per heavy atom. The highest BCUT2D eigenvalue weighted by Gasteiger charge is 2.15. The van der Waals surface area contributed by atoms with Crippen molar-refractivity contribution in [3.8, 4) is 0 Å². The van der Waals surface area contributed by atoms with E-state index in [-0.39, 0.29) is 0 Å². The molecule has 1 aliphatic heterocycles. The third-order valence-corrected chi connectivity index (χ3v) is 3.12. The van der Waals surface area contributed by atoms with Gasteiger partial charge in [0.2, 0.25) is 0 Å². The van der Waals surface area contributed by atoms with Crippen molar-refractivity contribution in [2.24, 2.45) is 5.73 Å². The average Bonchev–Trinajstić information content (AvgIpc) is 2.43. The van der Waals surface area contributed by atoms with Crippen LogP contribution in [0.5, 0.6) is 0 Å². The van der Waals surface area contributed by atoms with Gasteiger partial charge in [-0.1, -0.05) is 24.1 Å². The predicted octanol–water partition coefficient (Wildman–Crippen LogP) is 2.66. The molecule has 0 spiro atoms.